The second kappa shape index (κ2) is 10.4. The van der Waals surface area contributed by atoms with Crippen molar-refractivity contribution in [2.75, 3.05) is 19.1 Å². The van der Waals surface area contributed by atoms with Gasteiger partial charge in [0.15, 0.2) is 0 Å². The Balaban J connectivity index is 2.19. The zero-order chi connectivity index (χ0) is 21.6. The molecule has 2 nitrogen and oxygen atoms in total. The lowest BCUT2D eigenvalue weighted by Gasteiger charge is -2.28. The van der Waals surface area contributed by atoms with Gasteiger partial charge < -0.3 is 9.47 Å². The maximum absolute atomic E-state index is 6.03. The Kier molecular flexibility index (Phi) is 8.46. The molecule has 160 valence electrons. The first-order chi connectivity index (χ1) is 13.7. The second-order valence-corrected chi connectivity index (χ2v) is 9.29. The summed E-state index contributed by atoms with van der Waals surface area (Å²) in [5.74, 6) is 3.45. The van der Waals surface area contributed by atoms with Crippen LogP contribution in [0.4, 0.5) is 0 Å². The van der Waals surface area contributed by atoms with Crippen molar-refractivity contribution < 1.29 is 9.47 Å². The highest BCUT2D eigenvalue weighted by Gasteiger charge is 2.24. The Morgan fingerprint density at radius 1 is 0.828 bits per heavy atom. The fraction of sp³-hybridized carbons (Fsp3) is 0.538. The van der Waals surface area contributed by atoms with Crippen LogP contribution in [0.25, 0.3) is 0 Å². The average Bonchev–Trinajstić information content (AvgIpc) is 2.71. The van der Waals surface area contributed by atoms with Gasteiger partial charge in [0.25, 0.3) is 0 Å². The van der Waals surface area contributed by atoms with Crippen molar-refractivity contribution in [2.45, 2.75) is 60.3 Å². The summed E-state index contributed by atoms with van der Waals surface area (Å²) in [5, 5.41) is 0. The maximum Gasteiger partial charge on any atom is 0.122 e. The molecule has 0 fully saturated rings. The molecule has 0 bridgehead atoms. The van der Waals surface area contributed by atoms with Crippen molar-refractivity contribution in [1.82, 2.24) is 0 Å². The molecule has 0 aromatic heterocycles. The van der Waals surface area contributed by atoms with Crippen LogP contribution in [-0.2, 0) is 5.41 Å². The van der Waals surface area contributed by atoms with E-state index in [9.17, 15) is 0 Å². The van der Waals surface area contributed by atoms with Gasteiger partial charge in [0.05, 0.1) is 13.2 Å². The predicted octanol–water partition coefficient (Wildman–Crippen LogP) is 7.31. The van der Waals surface area contributed by atoms with Gasteiger partial charge >= 0.3 is 0 Å². The van der Waals surface area contributed by atoms with Crippen LogP contribution < -0.4 is 9.47 Å². The highest BCUT2D eigenvalue weighted by molar-refractivity contribution is 6.18. The quantitative estimate of drug-likeness (QED) is 0.378. The van der Waals surface area contributed by atoms with Crippen LogP contribution in [0, 0.1) is 25.7 Å². The molecule has 0 N–H and O–H groups in total. The Hall–Kier alpha value is -1.67. The van der Waals surface area contributed by atoms with Gasteiger partial charge in [-0.2, -0.15) is 0 Å². The molecular formula is C26H37ClO2. The molecule has 0 heterocycles. The molecule has 0 saturated carbocycles. The van der Waals surface area contributed by atoms with Crippen molar-refractivity contribution in [3.8, 4) is 11.5 Å². The maximum atomic E-state index is 6.03. The van der Waals surface area contributed by atoms with Gasteiger partial charge in [-0.3, -0.25) is 0 Å². The first-order valence-electron chi connectivity index (χ1n) is 10.7. The molecule has 2 atom stereocenters. The van der Waals surface area contributed by atoms with Gasteiger partial charge in [0.2, 0.25) is 0 Å². The summed E-state index contributed by atoms with van der Waals surface area (Å²) in [6.45, 7) is 16.7. The predicted molar refractivity (Wildman–Crippen MR) is 125 cm³/mol. The number of rotatable bonds is 10. The van der Waals surface area contributed by atoms with E-state index >= 15 is 0 Å². The lowest BCUT2D eigenvalue weighted by Crippen LogP contribution is -2.20. The summed E-state index contributed by atoms with van der Waals surface area (Å²) in [7, 11) is 0. The van der Waals surface area contributed by atoms with Crippen molar-refractivity contribution in [3.05, 3.63) is 58.7 Å². The summed E-state index contributed by atoms with van der Waals surface area (Å²) in [6.07, 6.45) is 1.13. The topological polar surface area (TPSA) is 18.5 Å². The fourth-order valence-corrected chi connectivity index (χ4v) is 3.28. The van der Waals surface area contributed by atoms with Crippen LogP contribution in [0.3, 0.4) is 0 Å². The first kappa shape index (κ1) is 23.6. The Bertz CT molecular complexity index is 732. The molecule has 0 radical (unpaired) electrons. The van der Waals surface area contributed by atoms with E-state index in [1.54, 1.807) is 0 Å². The van der Waals surface area contributed by atoms with Gasteiger partial charge in [-0.15, -0.1) is 11.6 Å². The summed E-state index contributed by atoms with van der Waals surface area (Å²) in [5.41, 5.74) is 4.80. The SMILES string of the molecule is CC[C@H](C)COc1ccc(C(C)(C)c2ccc(OC[C@H](C)CCl)c(C)c2)cc1C. The van der Waals surface area contributed by atoms with Crippen molar-refractivity contribution in [2.24, 2.45) is 11.8 Å². The smallest absolute Gasteiger partial charge is 0.122 e. The van der Waals surface area contributed by atoms with Gasteiger partial charge in [-0.1, -0.05) is 65.3 Å². The largest absolute Gasteiger partial charge is 0.493 e. The van der Waals surface area contributed by atoms with E-state index in [1.165, 1.54) is 16.7 Å². The number of hydrogen-bond acceptors (Lipinski definition) is 2. The number of ether oxygens (including phenoxy) is 2. The van der Waals surface area contributed by atoms with E-state index in [2.05, 4.69) is 84.9 Å². The molecule has 3 heteroatoms. The van der Waals surface area contributed by atoms with E-state index in [0.29, 0.717) is 24.3 Å². The number of halogens is 1. The molecular weight excluding hydrogens is 380 g/mol. The normalized spacial score (nSPS) is 13.8. The van der Waals surface area contributed by atoms with E-state index in [-0.39, 0.29) is 5.41 Å². The third-order valence-electron chi connectivity index (χ3n) is 5.80. The Labute approximate surface area is 182 Å². The monoisotopic (exact) mass is 416 g/mol. The van der Waals surface area contributed by atoms with Gasteiger partial charge in [-0.05, 0) is 54.2 Å². The molecule has 2 aromatic rings. The van der Waals surface area contributed by atoms with E-state index in [1.807, 2.05) is 0 Å². The second-order valence-electron chi connectivity index (χ2n) is 8.98. The highest BCUT2D eigenvalue weighted by Crippen LogP contribution is 2.36. The zero-order valence-corrected chi connectivity index (χ0v) is 19.9. The molecule has 0 aliphatic carbocycles. The summed E-state index contributed by atoms with van der Waals surface area (Å²) in [6, 6.07) is 13.1. The Morgan fingerprint density at radius 3 is 1.66 bits per heavy atom. The van der Waals surface area contributed by atoms with E-state index in [4.69, 9.17) is 21.1 Å². The number of aryl methyl sites for hydroxylation is 2. The zero-order valence-electron chi connectivity index (χ0n) is 19.1. The number of benzene rings is 2. The lowest BCUT2D eigenvalue weighted by atomic mass is 9.77. The van der Waals surface area contributed by atoms with Crippen LogP contribution in [0.1, 0.15) is 63.3 Å². The highest BCUT2D eigenvalue weighted by atomic mass is 35.5. The first-order valence-corrected chi connectivity index (χ1v) is 11.3. The minimum Gasteiger partial charge on any atom is -0.493 e. The lowest BCUT2D eigenvalue weighted by molar-refractivity contribution is 0.255. The van der Waals surface area contributed by atoms with Gasteiger partial charge in [-0.25, -0.2) is 0 Å². The standard InChI is InChI=1S/C26H37ClO2/c1-8-18(2)16-28-24-11-9-22(13-20(24)4)26(6,7)23-10-12-25(21(5)14-23)29-17-19(3)15-27/h9-14,18-19H,8,15-17H2,1-7H3/t18-,19+/m0/s1. The molecule has 0 amide bonds. The van der Waals surface area contributed by atoms with E-state index < -0.39 is 0 Å². The molecule has 0 saturated heterocycles. The Morgan fingerprint density at radius 2 is 1.28 bits per heavy atom. The molecule has 0 unspecified atom stereocenters. The molecule has 2 aromatic carbocycles. The third kappa shape index (κ3) is 6.15. The van der Waals surface area contributed by atoms with Crippen LogP contribution in [0.2, 0.25) is 0 Å². The van der Waals surface area contributed by atoms with Crippen LogP contribution >= 0.6 is 11.6 Å². The molecule has 0 aliphatic heterocycles. The fourth-order valence-electron chi connectivity index (χ4n) is 3.19. The summed E-state index contributed by atoms with van der Waals surface area (Å²) < 4.78 is 12.0. The molecule has 29 heavy (non-hydrogen) atoms. The van der Waals surface area contributed by atoms with Crippen LogP contribution in [0.5, 0.6) is 11.5 Å². The van der Waals surface area contributed by atoms with Crippen molar-refractivity contribution in [3.63, 3.8) is 0 Å². The molecule has 2 rings (SSSR count). The minimum absolute atomic E-state index is 0.104. The third-order valence-corrected chi connectivity index (χ3v) is 6.33. The summed E-state index contributed by atoms with van der Waals surface area (Å²) >= 11 is 5.89. The van der Waals surface area contributed by atoms with Crippen molar-refractivity contribution in [1.29, 1.82) is 0 Å². The van der Waals surface area contributed by atoms with Gasteiger partial charge in [0, 0.05) is 17.2 Å². The minimum atomic E-state index is -0.104. The van der Waals surface area contributed by atoms with Crippen molar-refractivity contribution >= 4 is 11.6 Å². The average molecular weight is 417 g/mol. The molecule has 0 spiro atoms. The summed E-state index contributed by atoms with van der Waals surface area (Å²) in [4.78, 5) is 0. The van der Waals surface area contributed by atoms with Gasteiger partial charge in [0.1, 0.15) is 11.5 Å². The van der Waals surface area contributed by atoms with E-state index in [0.717, 1.165) is 30.1 Å². The van der Waals surface area contributed by atoms with Crippen LogP contribution in [0.15, 0.2) is 36.4 Å². The molecule has 0 aliphatic rings. The number of alkyl halides is 1. The van der Waals surface area contributed by atoms with Crippen LogP contribution in [-0.4, -0.2) is 19.1 Å². The number of hydrogen-bond donors (Lipinski definition) is 0.